The molecule has 3 heterocycles. The molecule has 0 aliphatic carbocycles. The van der Waals surface area contributed by atoms with Gasteiger partial charge in [-0.25, -0.2) is 4.98 Å². The molecule has 7 nitrogen and oxygen atoms in total. The van der Waals surface area contributed by atoms with Gasteiger partial charge in [-0.3, -0.25) is 0 Å². The topological polar surface area (TPSA) is 86.4 Å². The molecule has 2 aliphatic heterocycles. The molecule has 0 bridgehead atoms. The van der Waals surface area contributed by atoms with Crippen molar-refractivity contribution >= 4 is 11.6 Å². The van der Waals surface area contributed by atoms with Gasteiger partial charge in [0.15, 0.2) is 5.82 Å². The molecule has 4 rings (SSSR count). The van der Waals surface area contributed by atoms with E-state index in [1.807, 2.05) is 24.3 Å². The molecule has 140 valence electrons. The van der Waals surface area contributed by atoms with Gasteiger partial charge in [0.05, 0.1) is 13.2 Å². The Morgan fingerprint density at radius 1 is 0.885 bits per heavy atom. The van der Waals surface area contributed by atoms with E-state index in [1.165, 1.54) is 0 Å². The minimum atomic E-state index is 0. The van der Waals surface area contributed by atoms with Crippen molar-refractivity contribution in [3.05, 3.63) is 30.1 Å². The molecule has 0 saturated carbocycles. The van der Waals surface area contributed by atoms with Crippen LogP contribution in [0.25, 0.3) is 11.4 Å². The molecule has 2 N–H and O–H groups in total. The molecule has 0 radical (unpaired) electrons. The van der Waals surface area contributed by atoms with E-state index in [4.69, 9.17) is 30.2 Å². The number of hydrogen-bond donors (Lipinski definition) is 1. The molecule has 1 aromatic carbocycles. The predicted octanol–water partition coefficient (Wildman–Crippen LogP) is 2.49. The summed E-state index contributed by atoms with van der Waals surface area (Å²) in [5.74, 6) is 2.64. The monoisotopic (exact) mass is 357 g/mol. The number of nitrogen functional groups attached to an aromatic ring is 1. The SMILES string of the molecule is C.Nc1ccc(-c2nc(C3CCOCC3)nc(N3CCOCC3)n2)cc1. The van der Waals surface area contributed by atoms with E-state index in [1.54, 1.807) is 0 Å². The van der Waals surface area contributed by atoms with Crippen LogP contribution in [0.5, 0.6) is 0 Å². The Kier molecular flexibility index (Phi) is 6.00. The summed E-state index contributed by atoms with van der Waals surface area (Å²) in [5.41, 5.74) is 7.50. The molecule has 0 atom stereocenters. The molecule has 2 fully saturated rings. The van der Waals surface area contributed by atoms with Crippen LogP contribution in [0.1, 0.15) is 32.0 Å². The molecular formula is C19H27N5O2. The lowest BCUT2D eigenvalue weighted by Crippen LogP contribution is -2.37. The number of hydrogen-bond acceptors (Lipinski definition) is 7. The van der Waals surface area contributed by atoms with Crippen molar-refractivity contribution in [3.8, 4) is 11.4 Å². The number of benzene rings is 1. The van der Waals surface area contributed by atoms with E-state index in [2.05, 4.69) is 4.90 Å². The Labute approximate surface area is 154 Å². The van der Waals surface area contributed by atoms with E-state index in [9.17, 15) is 0 Å². The third-order valence-corrected chi connectivity index (χ3v) is 4.69. The van der Waals surface area contributed by atoms with Gasteiger partial charge in [0.25, 0.3) is 0 Å². The van der Waals surface area contributed by atoms with Crippen molar-refractivity contribution in [1.29, 1.82) is 0 Å². The third kappa shape index (κ3) is 4.11. The van der Waals surface area contributed by atoms with Gasteiger partial charge in [-0.1, -0.05) is 7.43 Å². The summed E-state index contributed by atoms with van der Waals surface area (Å²) in [6.07, 6.45) is 1.90. The van der Waals surface area contributed by atoms with Gasteiger partial charge in [0, 0.05) is 43.5 Å². The summed E-state index contributed by atoms with van der Waals surface area (Å²) in [4.78, 5) is 16.5. The van der Waals surface area contributed by atoms with E-state index >= 15 is 0 Å². The minimum Gasteiger partial charge on any atom is -0.399 e. The van der Waals surface area contributed by atoms with Crippen LogP contribution >= 0.6 is 0 Å². The highest BCUT2D eigenvalue weighted by atomic mass is 16.5. The molecule has 0 amide bonds. The minimum absolute atomic E-state index is 0. The number of aromatic nitrogens is 3. The molecule has 2 aliphatic rings. The standard InChI is InChI=1S/C18H23N5O2.CH4/c19-15-3-1-13(2-4-15)16-20-17(14-5-9-24-10-6-14)22-18(21-16)23-7-11-25-12-8-23;/h1-4,14H,5-12,19H2;1H4. The summed E-state index contributed by atoms with van der Waals surface area (Å²) in [6.45, 7) is 4.54. The van der Waals surface area contributed by atoms with Crippen LogP contribution in [-0.4, -0.2) is 54.5 Å². The largest absolute Gasteiger partial charge is 0.399 e. The molecule has 0 spiro atoms. The molecule has 1 aromatic heterocycles. The fourth-order valence-corrected chi connectivity index (χ4v) is 3.19. The zero-order chi connectivity index (χ0) is 17.1. The van der Waals surface area contributed by atoms with Gasteiger partial charge in [-0.15, -0.1) is 0 Å². The highest BCUT2D eigenvalue weighted by Crippen LogP contribution is 2.28. The van der Waals surface area contributed by atoms with Crippen LogP contribution in [0, 0.1) is 0 Å². The van der Waals surface area contributed by atoms with Crippen molar-refractivity contribution in [2.45, 2.75) is 26.2 Å². The first kappa shape index (κ1) is 18.5. The first-order valence-corrected chi connectivity index (χ1v) is 8.82. The number of nitrogens with two attached hydrogens (primary N) is 1. The maximum Gasteiger partial charge on any atom is 0.229 e. The van der Waals surface area contributed by atoms with Crippen LogP contribution < -0.4 is 10.6 Å². The van der Waals surface area contributed by atoms with Gasteiger partial charge in [0.1, 0.15) is 5.82 Å². The summed E-state index contributed by atoms with van der Waals surface area (Å²) in [5, 5.41) is 0. The second kappa shape index (κ2) is 8.42. The van der Waals surface area contributed by atoms with E-state index in [-0.39, 0.29) is 7.43 Å². The predicted molar refractivity (Wildman–Crippen MR) is 102 cm³/mol. The smallest absolute Gasteiger partial charge is 0.229 e. The van der Waals surface area contributed by atoms with Crippen molar-refractivity contribution in [3.63, 3.8) is 0 Å². The maximum atomic E-state index is 5.81. The fourth-order valence-electron chi connectivity index (χ4n) is 3.19. The highest BCUT2D eigenvalue weighted by molar-refractivity contribution is 5.59. The van der Waals surface area contributed by atoms with Crippen LogP contribution in [0.3, 0.4) is 0 Å². The highest BCUT2D eigenvalue weighted by Gasteiger charge is 2.23. The Bertz CT molecular complexity index is 674. The Morgan fingerprint density at radius 2 is 1.54 bits per heavy atom. The van der Waals surface area contributed by atoms with Gasteiger partial charge in [-0.2, -0.15) is 9.97 Å². The zero-order valence-electron chi connectivity index (χ0n) is 14.2. The number of ether oxygens (including phenoxy) is 2. The summed E-state index contributed by atoms with van der Waals surface area (Å²) < 4.78 is 10.9. The lowest BCUT2D eigenvalue weighted by molar-refractivity contribution is 0.0835. The maximum absolute atomic E-state index is 5.81. The fraction of sp³-hybridized carbons (Fsp3) is 0.526. The van der Waals surface area contributed by atoms with Gasteiger partial charge in [0.2, 0.25) is 5.95 Å². The second-order valence-corrected chi connectivity index (χ2v) is 6.43. The third-order valence-electron chi connectivity index (χ3n) is 4.69. The van der Waals surface area contributed by atoms with Crippen molar-refractivity contribution in [2.75, 3.05) is 50.2 Å². The van der Waals surface area contributed by atoms with Gasteiger partial charge >= 0.3 is 0 Å². The first-order chi connectivity index (χ1) is 12.3. The van der Waals surface area contributed by atoms with Crippen LogP contribution in [-0.2, 0) is 9.47 Å². The molecule has 0 unspecified atom stereocenters. The van der Waals surface area contributed by atoms with E-state index in [0.717, 1.165) is 62.2 Å². The second-order valence-electron chi connectivity index (χ2n) is 6.43. The summed E-state index contributed by atoms with van der Waals surface area (Å²) in [6, 6.07) is 7.67. The normalized spacial score (nSPS) is 18.4. The lowest BCUT2D eigenvalue weighted by Gasteiger charge is -2.28. The Morgan fingerprint density at radius 3 is 2.23 bits per heavy atom. The zero-order valence-corrected chi connectivity index (χ0v) is 14.2. The van der Waals surface area contributed by atoms with Gasteiger partial charge in [-0.05, 0) is 37.1 Å². The molecule has 2 saturated heterocycles. The Hall–Kier alpha value is -2.25. The summed E-state index contributed by atoms with van der Waals surface area (Å²) >= 11 is 0. The average molecular weight is 357 g/mol. The van der Waals surface area contributed by atoms with Crippen LogP contribution in [0.15, 0.2) is 24.3 Å². The first-order valence-electron chi connectivity index (χ1n) is 8.82. The van der Waals surface area contributed by atoms with Gasteiger partial charge < -0.3 is 20.1 Å². The molecular weight excluding hydrogens is 330 g/mol. The lowest BCUT2D eigenvalue weighted by atomic mass is 9.99. The number of nitrogens with zero attached hydrogens (tertiary/aromatic N) is 4. The van der Waals surface area contributed by atoms with Crippen LogP contribution in [0.4, 0.5) is 11.6 Å². The quantitative estimate of drug-likeness (QED) is 0.845. The van der Waals surface area contributed by atoms with Crippen molar-refractivity contribution < 1.29 is 9.47 Å². The van der Waals surface area contributed by atoms with Crippen LogP contribution in [0.2, 0.25) is 0 Å². The summed E-state index contributed by atoms with van der Waals surface area (Å²) in [7, 11) is 0. The molecule has 7 heteroatoms. The van der Waals surface area contributed by atoms with Crippen molar-refractivity contribution in [2.24, 2.45) is 0 Å². The van der Waals surface area contributed by atoms with Crippen molar-refractivity contribution in [1.82, 2.24) is 15.0 Å². The number of anilines is 2. The molecule has 2 aromatic rings. The molecule has 26 heavy (non-hydrogen) atoms. The van der Waals surface area contributed by atoms with E-state index in [0.29, 0.717) is 25.0 Å². The number of morpholine rings is 1. The number of rotatable bonds is 3. The average Bonchev–Trinajstić information content (AvgIpc) is 2.69. The van der Waals surface area contributed by atoms with E-state index < -0.39 is 0 Å². The Balaban J connectivity index is 0.00000196.